The van der Waals surface area contributed by atoms with Crippen LogP contribution in [0.2, 0.25) is 0 Å². The van der Waals surface area contributed by atoms with Crippen molar-refractivity contribution in [2.24, 2.45) is 0 Å². The van der Waals surface area contributed by atoms with Crippen molar-refractivity contribution < 1.29 is 32.4 Å². The number of benzene rings is 3. The highest BCUT2D eigenvalue weighted by atomic mass is 19.4. The lowest BCUT2D eigenvalue weighted by Gasteiger charge is -2.16. The first-order valence-corrected chi connectivity index (χ1v) is 11.7. The van der Waals surface area contributed by atoms with E-state index in [4.69, 9.17) is 9.47 Å². The van der Waals surface area contributed by atoms with Crippen molar-refractivity contribution in [2.75, 3.05) is 12.4 Å². The molecule has 0 heterocycles. The lowest BCUT2D eigenvalue weighted by Crippen LogP contribution is -2.14. The van der Waals surface area contributed by atoms with Crippen LogP contribution in [0.4, 0.5) is 24.5 Å². The maximum atomic E-state index is 13.1. The van der Waals surface area contributed by atoms with Gasteiger partial charge in [-0.1, -0.05) is 23.8 Å². The van der Waals surface area contributed by atoms with E-state index in [2.05, 4.69) is 11.9 Å². The van der Waals surface area contributed by atoms with Crippen molar-refractivity contribution in [3.8, 4) is 23.3 Å². The van der Waals surface area contributed by atoms with Crippen molar-refractivity contribution in [1.29, 1.82) is 5.26 Å². The number of halogens is 3. The number of hydrogen-bond donors (Lipinski definition) is 1. The molecular formula is C29H24F3N3O5. The van der Waals surface area contributed by atoms with Gasteiger partial charge >= 0.3 is 11.9 Å². The monoisotopic (exact) mass is 551 g/mol. The Hall–Kier alpha value is -5.11. The average Bonchev–Trinajstić information content (AvgIpc) is 2.89. The third-order valence-corrected chi connectivity index (χ3v) is 5.74. The fourth-order valence-corrected chi connectivity index (χ4v) is 3.83. The number of carbonyl (C=O) groups is 1. The van der Waals surface area contributed by atoms with Gasteiger partial charge in [0.2, 0.25) is 5.75 Å². The molecule has 0 fully saturated rings. The number of allylic oxidation sites excluding steroid dienone is 1. The minimum atomic E-state index is -4.79. The number of anilines is 1. The summed E-state index contributed by atoms with van der Waals surface area (Å²) in [5.41, 5.74) is 0.838. The Morgan fingerprint density at radius 2 is 1.88 bits per heavy atom. The largest absolute Gasteiger partial charge is 0.493 e. The summed E-state index contributed by atoms with van der Waals surface area (Å²) in [6.07, 6.45) is -1.78. The number of aryl methyl sites for hydroxylation is 2. The Balaban J connectivity index is 2.04. The Morgan fingerprint density at radius 1 is 1.15 bits per heavy atom. The SMILES string of the molecule is C=CCc1cc(/C=C(\C#N)C(=O)Nc2ccc(C)cc2C)cc(OC)c1Oc1ccc(C(F)(F)F)cc1[N+](=O)[O-]. The van der Waals surface area contributed by atoms with E-state index in [-0.39, 0.29) is 23.5 Å². The summed E-state index contributed by atoms with van der Waals surface area (Å²) in [6, 6.07) is 12.2. The number of nitrogens with zero attached hydrogens (tertiary/aromatic N) is 2. The molecule has 0 unspecified atom stereocenters. The fourth-order valence-electron chi connectivity index (χ4n) is 3.83. The van der Waals surface area contributed by atoms with Gasteiger partial charge in [0.25, 0.3) is 5.91 Å². The number of nitro groups is 1. The van der Waals surface area contributed by atoms with Gasteiger partial charge in [-0.15, -0.1) is 6.58 Å². The van der Waals surface area contributed by atoms with Crippen LogP contribution < -0.4 is 14.8 Å². The van der Waals surface area contributed by atoms with Crippen LogP contribution in [-0.2, 0) is 17.4 Å². The zero-order chi connectivity index (χ0) is 29.6. The summed E-state index contributed by atoms with van der Waals surface area (Å²) in [5.74, 6) is -1.01. The molecule has 3 aromatic carbocycles. The van der Waals surface area contributed by atoms with Crippen LogP contribution >= 0.6 is 0 Å². The van der Waals surface area contributed by atoms with E-state index >= 15 is 0 Å². The molecule has 0 aliphatic rings. The molecule has 206 valence electrons. The van der Waals surface area contributed by atoms with Gasteiger partial charge in [0.05, 0.1) is 17.6 Å². The third kappa shape index (κ3) is 6.85. The van der Waals surface area contributed by atoms with Gasteiger partial charge < -0.3 is 14.8 Å². The van der Waals surface area contributed by atoms with Crippen molar-refractivity contribution in [2.45, 2.75) is 26.4 Å². The lowest BCUT2D eigenvalue weighted by molar-refractivity contribution is -0.385. The number of nitriles is 1. The van der Waals surface area contributed by atoms with Gasteiger partial charge in [0.1, 0.15) is 11.6 Å². The minimum absolute atomic E-state index is 0.000600. The normalized spacial score (nSPS) is 11.4. The van der Waals surface area contributed by atoms with Crippen LogP contribution in [0.1, 0.15) is 27.8 Å². The minimum Gasteiger partial charge on any atom is -0.493 e. The second-order valence-corrected chi connectivity index (χ2v) is 8.69. The van der Waals surface area contributed by atoms with Crippen LogP contribution in [-0.4, -0.2) is 17.9 Å². The molecule has 40 heavy (non-hydrogen) atoms. The molecule has 0 aliphatic carbocycles. The molecule has 0 aromatic heterocycles. The molecule has 0 spiro atoms. The quantitative estimate of drug-likeness (QED) is 0.0981. The van der Waals surface area contributed by atoms with Crippen LogP contribution in [0.3, 0.4) is 0 Å². The maximum Gasteiger partial charge on any atom is 0.416 e. The van der Waals surface area contributed by atoms with E-state index in [1.165, 1.54) is 25.3 Å². The number of nitrogens with one attached hydrogen (secondary N) is 1. The van der Waals surface area contributed by atoms with Gasteiger partial charge in [0, 0.05) is 17.3 Å². The van der Waals surface area contributed by atoms with Crippen LogP contribution in [0.25, 0.3) is 6.08 Å². The molecule has 1 N–H and O–H groups in total. The fraction of sp³-hybridized carbons (Fsp3) is 0.172. The number of alkyl halides is 3. The first-order chi connectivity index (χ1) is 18.9. The van der Waals surface area contributed by atoms with Crippen molar-refractivity contribution in [1.82, 2.24) is 0 Å². The van der Waals surface area contributed by atoms with E-state index in [9.17, 15) is 33.3 Å². The molecule has 3 rings (SSSR count). The summed E-state index contributed by atoms with van der Waals surface area (Å²) in [4.78, 5) is 23.4. The summed E-state index contributed by atoms with van der Waals surface area (Å²) in [6.45, 7) is 7.42. The van der Waals surface area contributed by atoms with E-state index in [1.807, 2.05) is 32.0 Å². The van der Waals surface area contributed by atoms with E-state index in [0.717, 1.165) is 17.2 Å². The molecule has 3 aromatic rings. The van der Waals surface area contributed by atoms with Gasteiger partial charge in [0.15, 0.2) is 11.5 Å². The highest BCUT2D eigenvalue weighted by Gasteiger charge is 2.33. The van der Waals surface area contributed by atoms with Crippen LogP contribution in [0.15, 0.2) is 66.8 Å². The molecule has 0 aliphatic heterocycles. The number of carbonyl (C=O) groups excluding carboxylic acids is 1. The van der Waals surface area contributed by atoms with Gasteiger partial charge in [-0.25, -0.2) is 0 Å². The Morgan fingerprint density at radius 3 is 2.45 bits per heavy atom. The van der Waals surface area contributed by atoms with E-state index in [1.54, 1.807) is 12.1 Å². The Labute approximate surface area is 228 Å². The summed E-state index contributed by atoms with van der Waals surface area (Å²) >= 11 is 0. The molecular weight excluding hydrogens is 527 g/mol. The van der Waals surface area contributed by atoms with Crippen molar-refractivity contribution >= 4 is 23.4 Å². The first kappa shape index (κ1) is 29.4. The van der Waals surface area contributed by atoms with Crippen LogP contribution in [0, 0.1) is 35.3 Å². The Bertz CT molecular complexity index is 1560. The smallest absolute Gasteiger partial charge is 0.416 e. The molecule has 0 bridgehead atoms. The third-order valence-electron chi connectivity index (χ3n) is 5.74. The van der Waals surface area contributed by atoms with Gasteiger partial charge in [-0.05, 0) is 67.8 Å². The average molecular weight is 552 g/mol. The number of rotatable bonds is 9. The van der Waals surface area contributed by atoms with Crippen LogP contribution in [0.5, 0.6) is 17.2 Å². The lowest BCUT2D eigenvalue weighted by atomic mass is 10.0. The van der Waals surface area contributed by atoms with Gasteiger partial charge in [-0.2, -0.15) is 18.4 Å². The second kappa shape index (κ2) is 12.2. The van der Waals surface area contributed by atoms with Gasteiger partial charge in [-0.3, -0.25) is 14.9 Å². The summed E-state index contributed by atoms with van der Waals surface area (Å²) < 4.78 is 50.5. The standard InChI is InChI=1S/C29H24F3N3O5/c1-5-6-20-12-19(13-21(16-33)28(36)34-23-9-7-17(2)11-18(23)3)14-26(39-4)27(20)40-25-10-8-22(29(30,31)32)15-24(25)35(37)38/h5,7-15H,1,6H2,2-4H3,(H,34,36)/b21-13+. The number of amides is 1. The predicted octanol–water partition coefficient (Wildman–Crippen LogP) is 7.31. The van der Waals surface area contributed by atoms with E-state index < -0.39 is 34.0 Å². The summed E-state index contributed by atoms with van der Waals surface area (Å²) in [5, 5.41) is 23.9. The molecule has 0 atom stereocenters. The molecule has 11 heteroatoms. The number of nitro benzene ring substituents is 1. The Kier molecular flexibility index (Phi) is 8.96. The molecule has 0 saturated heterocycles. The van der Waals surface area contributed by atoms with E-state index in [0.29, 0.717) is 28.9 Å². The highest BCUT2D eigenvalue weighted by Crippen LogP contribution is 2.42. The second-order valence-electron chi connectivity index (χ2n) is 8.69. The number of ether oxygens (including phenoxy) is 2. The first-order valence-electron chi connectivity index (χ1n) is 11.7. The predicted molar refractivity (Wildman–Crippen MR) is 143 cm³/mol. The van der Waals surface area contributed by atoms with Crippen molar-refractivity contribution in [3.63, 3.8) is 0 Å². The molecule has 8 nitrogen and oxygen atoms in total. The zero-order valence-corrected chi connectivity index (χ0v) is 21.8. The zero-order valence-electron chi connectivity index (χ0n) is 21.8. The molecule has 0 saturated carbocycles. The topological polar surface area (TPSA) is 114 Å². The molecule has 1 amide bonds. The molecule has 0 radical (unpaired) electrons. The highest BCUT2D eigenvalue weighted by molar-refractivity contribution is 6.10. The van der Waals surface area contributed by atoms with Crippen molar-refractivity contribution in [3.05, 3.63) is 105 Å². The summed E-state index contributed by atoms with van der Waals surface area (Å²) in [7, 11) is 1.30. The number of hydrogen-bond acceptors (Lipinski definition) is 6. The number of methoxy groups -OCH3 is 1. The maximum absolute atomic E-state index is 13.1.